The highest BCUT2D eigenvalue weighted by atomic mass is 32.2. The predicted molar refractivity (Wildman–Crippen MR) is 113 cm³/mol. The smallest absolute Gasteiger partial charge is 0.258 e. The van der Waals surface area contributed by atoms with Crippen LogP contribution in [0.1, 0.15) is 0 Å². The zero-order valence-corrected chi connectivity index (χ0v) is 16.2. The molecule has 3 aromatic carbocycles. The summed E-state index contributed by atoms with van der Waals surface area (Å²) in [5.74, 6) is 0. The fourth-order valence-electron chi connectivity index (χ4n) is 2.93. The summed E-state index contributed by atoms with van der Waals surface area (Å²) in [6, 6.07) is 22.7. The standard InChI is InChI=1S/C21H14N4O4S/c26-24(27)16-11-12-18(19(13-16)25(28)29)23-14-20(30-17-9-5-2-6-10-17)21(22-23)15-7-3-1-4-8-15/h1-14H. The molecule has 1 aromatic heterocycles. The highest BCUT2D eigenvalue weighted by molar-refractivity contribution is 7.99. The van der Waals surface area contributed by atoms with Gasteiger partial charge in [0.2, 0.25) is 0 Å². The monoisotopic (exact) mass is 418 g/mol. The Hall–Kier alpha value is -3.98. The molecule has 0 bridgehead atoms. The first-order chi connectivity index (χ1) is 14.5. The molecule has 0 fully saturated rings. The molecule has 0 aliphatic carbocycles. The molecule has 4 aromatic rings. The Bertz CT molecular complexity index is 1230. The van der Waals surface area contributed by atoms with Crippen LogP contribution in [0.5, 0.6) is 0 Å². The number of hydrogen-bond acceptors (Lipinski definition) is 6. The van der Waals surface area contributed by atoms with Crippen LogP contribution in [-0.2, 0) is 0 Å². The molecule has 0 aliphatic heterocycles. The second-order valence-corrected chi connectivity index (χ2v) is 7.37. The first-order valence-corrected chi connectivity index (χ1v) is 9.66. The van der Waals surface area contributed by atoms with Crippen molar-refractivity contribution in [2.24, 2.45) is 0 Å². The number of non-ortho nitro benzene ring substituents is 1. The summed E-state index contributed by atoms with van der Waals surface area (Å²) in [4.78, 5) is 23.1. The lowest BCUT2D eigenvalue weighted by Crippen LogP contribution is -2.02. The van der Waals surface area contributed by atoms with Crippen LogP contribution in [0.25, 0.3) is 16.9 Å². The molecule has 4 rings (SSSR count). The van der Waals surface area contributed by atoms with Crippen LogP contribution < -0.4 is 0 Å². The quantitative estimate of drug-likeness (QED) is 0.302. The fourth-order valence-corrected chi connectivity index (χ4v) is 3.89. The molecule has 0 N–H and O–H groups in total. The largest absolute Gasteiger partial charge is 0.301 e. The third-order valence-electron chi connectivity index (χ3n) is 4.31. The van der Waals surface area contributed by atoms with E-state index in [4.69, 9.17) is 0 Å². The summed E-state index contributed by atoms with van der Waals surface area (Å²) in [7, 11) is 0. The maximum Gasteiger partial charge on any atom is 0.301 e. The van der Waals surface area contributed by atoms with Gasteiger partial charge in [0.1, 0.15) is 11.4 Å². The third-order valence-corrected chi connectivity index (χ3v) is 5.34. The molecule has 9 heteroatoms. The topological polar surface area (TPSA) is 104 Å². The van der Waals surface area contributed by atoms with Crippen LogP contribution in [0.4, 0.5) is 11.4 Å². The van der Waals surface area contributed by atoms with E-state index in [1.165, 1.54) is 28.6 Å². The predicted octanol–water partition coefficient (Wildman–Crippen LogP) is 5.51. The van der Waals surface area contributed by atoms with Gasteiger partial charge in [0.05, 0.1) is 20.8 Å². The molecule has 148 valence electrons. The van der Waals surface area contributed by atoms with Gasteiger partial charge in [-0.25, -0.2) is 4.68 Å². The summed E-state index contributed by atoms with van der Waals surface area (Å²) >= 11 is 1.49. The van der Waals surface area contributed by atoms with E-state index in [2.05, 4.69) is 5.10 Å². The van der Waals surface area contributed by atoms with Crippen LogP contribution in [0.15, 0.2) is 94.9 Å². The number of nitro groups is 2. The third kappa shape index (κ3) is 3.91. The zero-order valence-electron chi connectivity index (χ0n) is 15.4. The maximum absolute atomic E-state index is 11.6. The van der Waals surface area contributed by atoms with Gasteiger partial charge in [0, 0.05) is 22.7 Å². The van der Waals surface area contributed by atoms with E-state index in [0.717, 1.165) is 21.4 Å². The molecule has 1 heterocycles. The molecule has 0 atom stereocenters. The number of hydrogen-bond donors (Lipinski definition) is 0. The van der Waals surface area contributed by atoms with Crippen molar-refractivity contribution in [1.29, 1.82) is 0 Å². The average molecular weight is 418 g/mol. The highest BCUT2D eigenvalue weighted by Gasteiger charge is 2.23. The fraction of sp³-hybridized carbons (Fsp3) is 0. The Balaban J connectivity index is 1.86. The summed E-state index contributed by atoms with van der Waals surface area (Å²) in [5.41, 5.74) is 0.946. The lowest BCUT2D eigenvalue weighted by Gasteiger charge is -2.03. The summed E-state index contributed by atoms with van der Waals surface area (Å²) in [6.07, 6.45) is 1.70. The van der Waals surface area contributed by atoms with Crippen molar-refractivity contribution in [2.75, 3.05) is 0 Å². The van der Waals surface area contributed by atoms with E-state index >= 15 is 0 Å². The van der Waals surface area contributed by atoms with Crippen molar-refractivity contribution in [3.05, 3.63) is 105 Å². The van der Waals surface area contributed by atoms with Crippen molar-refractivity contribution in [3.63, 3.8) is 0 Å². The van der Waals surface area contributed by atoms with E-state index in [0.29, 0.717) is 5.69 Å². The van der Waals surface area contributed by atoms with E-state index in [1.54, 1.807) is 6.20 Å². The number of nitro benzene ring substituents is 2. The Kier molecular flexibility index (Phi) is 5.27. The molecular formula is C21H14N4O4S. The molecule has 0 aliphatic rings. The van der Waals surface area contributed by atoms with Gasteiger partial charge in [-0.05, 0) is 18.2 Å². The van der Waals surface area contributed by atoms with Crippen LogP contribution >= 0.6 is 11.8 Å². The normalized spacial score (nSPS) is 10.7. The summed E-state index contributed by atoms with van der Waals surface area (Å²) in [6.45, 7) is 0. The number of nitrogens with zero attached hydrogens (tertiary/aromatic N) is 4. The van der Waals surface area contributed by atoms with Gasteiger partial charge in [-0.15, -0.1) is 0 Å². The van der Waals surface area contributed by atoms with E-state index in [-0.39, 0.29) is 17.1 Å². The van der Waals surface area contributed by atoms with Crippen LogP contribution in [0.2, 0.25) is 0 Å². The second-order valence-electron chi connectivity index (χ2n) is 6.25. The highest BCUT2D eigenvalue weighted by Crippen LogP contribution is 2.37. The molecule has 0 saturated heterocycles. The van der Waals surface area contributed by atoms with Crippen molar-refractivity contribution in [3.8, 4) is 16.9 Å². The Morgan fingerprint density at radius 2 is 1.50 bits per heavy atom. The van der Waals surface area contributed by atoms with Crippen LogP contribution in [0.3, 0.4) is 0 Å². The van der Waals surface area contributed by atoms with Crippen LogP contribution in [0, 0.1) is 20.2 Å². The lowest BCUT2D eigenvalue weighted by atomic mass is 10.2. The SMILES string of the molecule is O=[N+]([O-])c1ccc(-n2cc(Sc3ccccc3)c(-c3ccccc3)n2)c([N+](=O)[O-])c1. The number of aromatic nitrogens is 2. The Labute approximate surface area is 175 Å². The van der Waals surface area contributed by atoms with Gasteiger partial charge >= 0.3 is 5.69 Å². The summed E-state index contributed by atoms with van der Waals surface area (Å²) in [5, 5.41) is 27.2. The zero-order chi connectivity index (χ0) is 21.1. The Morgan fingerprint density at radius 3 is 2.13 bits per heavy atom. The molecule has 0 unspecified atom stereocenters. The van der Waals surface area contributed by atoms with Gasteiger partial charge in [0.25, 0.3) is 5.69 Å². The van der Waals surface area contributed by atoms with E-state index in [9.17, 15) is 20.2 Å². The molecule has 0 radical (unpaired) electrons. The van der Waals surface area contributed by atoms with E-state index < -0.39 is 9.85 Å². The summed E-state index contributed by atoms with van der Waals surface area (Å²) < 4.78 is 1.40. The molecule has 0 amide bonds. The minimum Gasteiger partial charge on any atom is -0.258 e. The Morgan fingerprint density at radius 1 is 0.833 bits per heavy atom. The minimum atomic E-state index is -0.661. The van der Waals surface area contributed by atoms with Crippen molar-refractivity contribution in [2.45, 2.75) is 9.79 Å². The van der Waals surface area contributed by atoms with Gasteiger partial charge in [0.15, 0.2) is 0 Å². The molecule has 8 nitrogen and oxygen atoms in total. The van der Waals surface area contributed by atoms with Gasteiger partial charge in [-0.3, -0.25) is 20.2 Å². The van der Waals surface area contributed by atoms with Crippen LogP contribution in [-0.4, -0.2) is 19.6 Å². The molecule has 0 spiro atoms. The lowest BCUT2D eigenvalue weighted by molar-refractivity contribution is -0.394. The van der Waals surface area contributed by atoms with Gasteiger partial charge in [-0.1, -0.05) is 60.3 Å². The first kappa shape index (κ1) is 19.3. The molecule has 0 saturated carbocycles. The molecule has 30 heavy (non-hydrogen) atoms. The van der Waals surface area contributed by atoms with Gasteiger partial charge in [-0.2, -0.15) is 5.10 Å². The number of rotatable bonds is 6. The average Bonchev–Trinajstić information content (AvgIpc) is 3.18. The second kappa shape index (κ2) is 8.18. The van der Waals surface area contributed by atoms with Crippen molar-refractivity contribution < 1.29 is 9.85 Å². The van der Waals surface area contributed by atoms with Crippen molar-refractivity contribution in [1.82, 2.24) is 9.78 Å². The van der Waals surface area contributed by atoms with Crippen molar-refractivity contribution >= 4 is 23.1 Å². The minimum absolute atomic E-state index is 0.155. The maximum atomic E-state index is 11.6. The molecular weight excluding hydrogens is 404 g/mol. The number of benzene rings is 3. The first-order valence-electron chi connectivity index (χ1n) is 8.84. The van der Waals surface area contributed by atoms with Gasteiger partial charge < -0.3 is 0 Å². The van der Waals surface area contributed by atoms with E-state index in [1.807, 2.05) is 60.7 Å².